The maximum Gasteiger partial charge on any atom is 0.410 e. The van der Waals surface area contributed by atoms with E-state index in [1.165, 1.54) is 15.6 Å². The fourth-order valence-corrected chi connectivity index (χ4v) is 8.05. The van der Waals surface area contributed by atoms with Crippen molar-refractivity contribution in [3.05, 3.63) is 57.0 Å². The highest BCUT2D eigenvalue weighted by Crippen LogP contribution is 2.34. The molecule has 0 atom stereocenters. The van der Waals surface area contributed by atoms with Crippen LogP contribution in [-0.4, -0.2) is 84.4 Å². The van der Waals surface area contributed by atoms with Crippen LogP contribution in [0.5, 0.6) is 0 Å². The zero-order valence-corrected chi connectivity index (χ0v) is 26.1. The Morgan fingerprint density at radius 2 is 1.59 bits per heavy atom. The molecule has 0 spiro atoms. The number of amides is 2. The minimum absolute atomic E-state index is 0.114. The second kappa shape index (κ2) is 11.5. The lowest BCUT2D eigenvalue weighted by Gasteiger charge is -2.34. The molecule has 0 radical (unpaired) electrons. The van der Waals surface area contributed by atoms with Crippen molar-refractivity contribution in [3.63, 3.8) is 0 Å². The summed E-state index contributed by atoms with van der Waals surface area (Å²) in [7, 11) is -3.70. The second-order valence-corrected chi connectivity index (χ2v) is 15.0. The van der Waals surface area contributed by atoms with Crippen LogP contribution in [0.2, 0.25) is 5.02 Å². The smallest absolute Gasteiger partial charge is 0.410 e. The van der Waals surface area contributed by atoms with Gasteiger partial charge in [-0.05, 0) is 75.6 Å². The van der Waals surface area contributed by atoms with Crippen molar-refractivity contribution < 1.29 is 22.7 Å². The molecule has 2 saturated heterocycles. The number of hydrogen-bond donors (Lipinski definition) is 0. The molecule has 2 aliphatic rings. The second-order valence-electron chi connectivity index (χ2n) is 11.6. The third kappa shape index (κ3) is 6.53. The molecular weight excluding hydrogens is 584 g/mol. The average Bonchev–Trinajstić information content (AvgIpc) is 3.33. The third-order valence-corrected chi connectivity index (χ3v) is 10.9. The summed E-state index contributed by atoms with van der Waals surface area (Å²) in [6.07, 6.45) is 1.23. The van der Waals surface area contributed by atoms with Gasteiger partial charge in [0.05, 0.1) is 15.6 Å². The first-order valence-electron chi connectivity index (χ1n) is 13.8. The lowest BCUT2D eigenvalue weighted by Crippen LogP contribution is -2.50. The SMILES string of the molecule is Cc1nc(C2CCN(C(=O)OC(C)(C)C)CC2)sc1C(=O)N1CCN(S(=O)(=O)c2ccc3cc(Cl)ccc3c2)CC1. The molecule has 0 aliphatic carbocycles. The summed E-state index contributed by atoms with van der Waals surface area (Å²) in [5, 5.41) is 3.19. The van der Waals surface area contributed by atoms with Crippen LogP contribution in [-0.2, 0) is 14.8 Å². The number of sulfonamides is 1. The Bertz CT molecular complexity index is 1570. The molecule has 0 unspecified atom stereocenters. The summed E-state index contributed by atoms with van der Waals surface area (Å²) in [5.74, 6) is 0.0657. The van der Waals surface area contributed by atoms with Gasteiger partial charge in [0.1, 0.15) is 10.5 Å². The number of aryl methyl sites for hydroxylation is 1. The average molecular weight is 619 g/mol. The number of hydrogen-bond acceptors (Lipinski definition) is 7. The van der Waals surface area contributed by atoms with Gasteiger partial charge in [-0.25, -0.2) is 18.2 Å². The number of thiazole rings is 1. The van der Waals surface area contributed by atoms with Crippen molar-refractivity contribution in [2.24, 2.45) is 0 Å². The first-order chi connectivity index (χ1) is 19.3. The first-order valence-corrected chi connectivity index (χ1v) is 16.4. The molecule has 12 heteroatoms. The molecule has 41 heavy (non-hydrogen) atoms. The molecule has 2 amide bonds. The van der Waals surface area contributed by atoms with E-state index in [0.717, 1.165) is 28.6 Å². The molecule has 220 valence electrons. The quantitative estimate of drug-likeness (QED) is 0.382. The third-order valence-electron chi connectivity index (χ3n) is 7.44. The number of aromatic nitrogens is 1. The summed E-state index contributed by atoms with van der Waals surface area (Å²) in [5.41, 5.74) is 0.160. The van der Waals surface area contributed by atoms with Gasteiger partial charge in [-0.15, -0.1) is 11.3 Å². The molecular formula is C29H35ClN4O5S2. The Hall–Kier alpha value is -2.73. The Morgan fingerprint density at radius 3 is 2.24 bits per heavy atom. The largest absolute Gasteiger partial charge is 0.444 e. The molecule has 0 N–H and O–H groups in total. The zero-order valence-electron chi connectivity index (χ0n) is 23.7. The van der Waals surface area contributed by atoms with Crippen molar-refractivity contribution in [2.45, 2.75) is 57.0 Å². The normalized spacial score (nSPS) is 17.7. The highest BCUT2D eigenvalue weighted by molar-refractivity contribution is 7.89. The van der Waals surface area contributed by atoms with Crippen LogP contribution < -0.4 is 0 Å². The van der Waals surface area contributed by atoms with E-state index in [-0.39, 0.29) is 35.9 Å². The number of fused-ring (bicyclic) bond motifs is 1. The number of carbonyl (C=O) groups is 2. The molecule has 2 aliphatic heterocycles. The Kier molecular flexibility index (Phi) is 8.35. The highest BCUT2D eigenvalue weighted by atomic mass is 35.5. The van der Waals surface area contributed by atoms with Crippen molar-refractivity contribution in [3.8, 4) is 0 Å². The van der Waals surface area contributed by atoms with E-state index in [1.54, 1.807) is 40.1 Å². The van der Waals surface area contributed by atoms with Crippen LogP contribution in [0.1, 0.15) is 59.9 Å². The number of benzene rings is 2. The van der Waals surface area contributed by atoms with Crippen LogP contribution in [0.4, 0.5) is 4.79 Å². The number of halogens is 1. The van der Waals surface area contributed by atoms with Crippen LogP contribution in [0.15, 0.2) is 41.3 Å². The molecule has 2 aromatic carbocycles. The van der Waals surface area contributed by atoms with Crippen molar-refractivity contribution in [1.82, 2.24) is 19.1 Å². The number of nitrogens with zero attached hydrogens (tertiary/aromatic N) is 4. The predicted octanol–water partition coefficient (Wildman–Crippen LogP) is 5.52. The summed E-state index contributed by atoms with van der Waals surface area (Å²) >= 11 is 7.47. The van der Waals surface area contributed by atoms with Gasteiger partial charge in [-0.3, -0.25) is 4.79 Å². The number of piperidine rings is 1. The fourth-order valence-electron chi connectivity index (χ4n) is 5.21. The van der Waals surface area contributed by atoms with Crippen molar-refractivity contribution >= 4 is 55.7 Å². The van der Waals surface area contributed by atoms with Crippen molar-refractivity contribution in [2.75, 3.05) is 39.3 Å². The van der Waals surface area contributed by atoms with Gasteiger partial charge >= 0.3 is 6.09 Å². The van der Waals surface area contributed by atoms with Crippen molar-refractivity contribution in [1.29, 1.82) is 0 Å². The molecule has 9 nitrogen and oxygen atoms in total. The van der Waals surface area contributed by atoms with E-state index in [0.29, 0.717) is 41.8 Å². The fraction of sp³-hybridized carbons (Fsp3) is 0.483. The number of carbonyl (C=O) groups excluding carboxylic acids is 2. The van der Waals surface area contributed by atoms with Gasteiger partial charge in [-0.1, -0.05) is 23.7 Å². The topological polar surface area (TPSA) is 100 Å². The monoisotopic (exact) mass is 618 g/mol. The van der Waals surface area contributed by atoms with Gasteiger partial charge in [0.25, 0.3) is 5.91 Å². The summed E-state index contributed by atoms with van der Waals surface area (Å²) in [6, 6.07) is 10.4. The molecule has 1 aromatic heterocycles. The Morgan fingerprint density at radius 1 is 0.951 bits per heavy atom. The molecule has 3 heterocycles. The van der Waals surface area contributed by atoms with Gasteiger partial charge < -0.3 is 14.5 Å². The van der Waals surface area contributed by atoms with Gasteiger partial charge in [0.2, 0.25) is 10.0 Å². The maximum atomic E-state index is 13.4. The van der Waals surface area contributed by atoms with Crippen LogP contribution in [0.25, 0.3) is 10.8 Å². The van der Waals surface area contributed by atoms with E-state index in [2.05, 4.69) is 0 Å². The van der Waals surface area contributed by atoms with E-state index >= 15 is 0 Å². The summed E-state index contributed by atoms with van der Waals surface area (Å²) in [6.45, 7) is 9.65. The lowest BCUT2D eigenvalue weighted by molar-refractivity contribution is 0.0204. The lowest BCUT2D eigenvalue weighted by atomic mass is 9.98. The van der Waals surface area contributed by atoms with E-state index < -0.39 is 15.6 Å². The predicted molar refractivity (Wildman–Crippen MR) is 160 cm³/mol. The van der Waals surface area contributed by atoms with E-state index in [1.807, 2.05) is 33.8 Å². The van der Waals surface area contributed by atoms with Crippen LogP contribution in [0, 0.1) is 6.92 Å². The molecule has 0 bridgehead atoms. The van der Waals surface area contributed by atoms with Crippen LogP contribution in [0.3, 0.4) is 0 Å². The Labute approximate surface area is 250 Å². The first kappa shape index (κ1) is 29.8. The maximum absolute atomic E-state index is 13.4. The van der Waals surface area contributed by atoms with Gasteiger partial charge in [0.15, 0.2) is 0 Å². The molecule has 2 fully saturated rings. The molecule has 3 aromatic rings. The zero-order chi connectivity index (χ0) is 29.5. The highest BCUT2D eigenvalue weighted by Gasteiger charge is 2.33. The number of piperazine rings is 1. The minimum atomic E-state index is -3.70. The molecule has 0 saturated carbocycles. The molecule has 5 rings (SSSR count). The number of ether oxygens (including phenoxy) is 1. The number of rotatable bonds is 4. The van der Waals surface area contributed by atoms with Gasteiger partial charge in [-0.2, -0.15) is 4.31 Å². The number of likely N-dealkylation sites (tertiary alicyclic amines) is 1. The minimum Gasteiger partial charge on any atom is -0.444 e. The Balaban J connectivity index is 1.19. The van der Waals surface area contributed by atoms with Gasteiger partial charge in [0, 0.05) is 50.2 Å². The summed E-state index contributed by atoms with van der Waals surface area (Å²) < 4.78 is 33.7. The van der Waals surface area contributed by atoms with E-state index in [9.17, 15) is 18.0 Å². The summed E-state index contributed by atoms with van der Waals surface area (Å²) in [4.78, 5) is 34.8. The van der Waals surface area contributed by atoms with E-state index in [4.69, 9.17) is 21.3 Å². The van der Waals surface area contributed by atoms with Crippen LogP contribution >= 0.6 is 22.9 Å². The standard InChI is InChI=1S/C29H35ClN4O5S2/c1-19-25(40-26(31-19)20-9-11-33(12-10-20)28(36)39-29(2,3)4)27(35)32-13-15-34(16-14-32)41(37,38)24-8-6-21-17-23(30)7-5-22(21)18-24/h5-8,17-18,20H,9-16H2,1-4H3.